The van der Waals surface area contributed by atoms with Gasteiger partial charge in [0.15, 0.2) is 0 Å². The van der Waals surface area contributed by atoms with E-state index in [1.54, 1.807) is 6.08 Å². The molecule has 0 saturated carbocycles. The Morgan fingerprint density at radius 2 is 2.22 bits per heavy atom. The van der Waals surface area contributed by atoms with Crippen molar-refractivity contribution in [2.45, 2.75) is 25.4 Å². The van der Waals surface area contributed by atoms with Crippen LogP contribution in [0, 0.1) is 0 Å². The van der Waals surface area contributed by atoms with E-state index >= 15 is 0 Å². The van der Waals surface area contributed by atoms with Gasteiger partial charge >= 0.3 is 0 Å². The summed E-state index contributed by atoms with van der Waals surface area (Å²) < 4.78 is 0. The molecule has 0 aromatic rings. The van der Waals surface area contributed by atoms with Crippen molar-refractivity contribution in [1.29, 1.82) is 0 Å². The molecule has 0 amide bonds. The first kappa shape index (κ1) is 9.18. The van der Waals surface area contributed by atoms with Crippen LogP contribution < -0.4 is 0 Å². The largest absolute Gasteiger partial charge is 0.389 e. The second-order valence-corrected chi connectivity index (χ2v) is 2.78. The Bertz CT molecular complexity index is 73.3. The number of unbranched alkanes of at least 4 members (excludes halogenated alkanes) is 1. The molecule has 0 fully saturated rings. The standard InChI is InChI=1S/C7H13BrO/c1-2-7(9)5-3-4-6-8/h2,7,9H,1,3-6H2. The highest BCUT2D eigenvalue weighted by Crippen LogP contribution is 2.02. The van der Waals surface area contributed by atoms with Crippen LogP contribution in [0.15, 0.2) is 12.7 Å². The molecule has 9 heavy (non-hydrogen) atoms. The van der Waals surface area contributed by atoms with Gasteiger partial charge < -0.3 is 5.11 Å². The molecular weight excluding hydrogens is 180 g/mol. The van der Waals surface area contributed by atoms with E-state index < -0.39 is 0 Å². The van der Waals surface area contributed by atoms with Crippen LogP contribution in [0.3, 0.4) is 0 Å². The lowest BCUT2D eigenvalue weighted by Gasteiger charge is -2.01. The predicted molar refractivity (Wildman–Crippen MR) is 43.8 cm³/mol. The van der Waals surface area contributed by atoms with E-state index in [-0.39, 0.29) is 6.10 Å². The SMILES string of the molecule is C=CC(O)CCCCBr. The van der Waals surface area contributed by atoms with E-state index in [0.29, 0.717) is 0 Å². The van der Waals surface area contributed by atoms with E-state index in [9.17, 15) is 0 Å². The minimum atomic E-state index is -0.302. The lowest BCUT2D eigenvalue weighted by molar-refractivity contribution is 0.209. The molecule has 0 aliphatic rings. The maximum absolute atomic E-state index is 8.95. The van der Waals surface area contributed by atoms with Crippen molar-refractivity contribution in [3.8, 4) is 0 Å². The smallest absolute Gasteiger partial charge is 0.0718 e. The maximum Gasteiger partial charge on any atom is 0.0718 e. The molecule has 1 atom stereocenters. The summed E-state index contributed by atoms with van der Waals surface area (Å²) in [5, 5.41) is 9.98. The molecule has 54 valence electrons. The van der Waals surface area contributed by atoms with Gasteiger partial charge in [-0.3, -0.25) is 0 Å². The highest BCUT2D eigenvalue weighted by Gasteiger charge is 1.95. The number of aliphatic hydroxyl groups is 1. The van der Waals surface area contributed by atoms with Gasteiger partial charge in [-0.1, -0.05) is 22.0 Å². The van der Waals surface area contributed by atoms with Crippen molar-refractivity contribution in [3.63, 3.8) is 0 Å². The van der Waals surface area contributed by atoms with Crippen LogP contribution in [0.1, 0.15) is 19.3 Å². The number of rotatable bonds is 5. The Labute approximate surface area is 64.9 Å². The summed E-state index contributed by atoms with van der Waals surface area (Å²) in [5.74, 6) is 0. The fourth-order valence-electron chi connectivity index (χ4n) is 0.566. The fraction of sp³-hybridized carbons (Fsp3) is 0.714. The molecule has 0 bridgehead atoms. The molecule has 0 radical (unpaired) electrons. The second kappa shape index (κ2) is 6.30. The molecule has 0 rings (SSSR count). The molecule has 0 saturated heterocycles. The van der Waals surface area contributed by atoms with Crippen molar-refractivity contribution in [2.75, 3.05) is 5.33 Å². The maximum atomic E-state index is 8.95. The van der Waals surface area contributed by atoms with E-state index in [0.717, 1.165) is 24.6 Å². The highest BCUT2D eigenvalue weighted by atomic mass is 79.9. The average Bonchev–Trinajstić information content (AvgIpc) is 1.89. The van der Waals surface area contributed by atoms with Gasteiger partial charge in [0, 0.05) is 5.33 Å². The second-order valence-electron chi connectivity index (χ2n) is 1.99. The van der Waals surface area contributed by atoms with Gasteiger partial charge in [-0.15, -0.1) is 6.58 Å². The zero-order chi connectivity index (χ0) is 7.11. The Morgan fingerprint density at radius 3 is 2.67 bits per heavy atom. The van der Waals surface area contributed by atoms with Gasteiger partial charge in [-0.25, -0.2) is 0 Å². The molecule has 0 heterocycles. The van der Waals surface area contributed by atoms with Crippen molar-refractivity contribution >= 4 is 15.9 Å². The Balaban J connectivity index is 2.96. The number of alkyl halides is 1. The summed E-state index contributed by atoms with van der Waals surface area (Å²) in [6.07, 6.45) is 4.32. The van der Waals surface area contributed by atoms with E-state index in [2.05, 4.69) is 22.5 Å². The number of aliphatic hydroxyl groups excluding tert-OH is 1. The van der Waals surface area contributed by atoms with Gasteiger partial charge in [0.2, 0.25) is 0 Å². The zero-order valence-corrected chi connectivity index (χ0v) is 7.10. The van der Waals surface area contributed by atoms with Gasteiger partial charge in [0.25, 0.3) is 0 Å². The quantitative estimate of drug-likeness (QED) is 0.402. The summed E-state index contributed by atoms with van der Waals surface area (Å²) in [7, 11) is 0. The van der Waals surface area contributed by atoms with Crippen LogP contribution in [0.2, 0.25) is 0 Å². The van der Waals surface area contributed by atoms with Crippen molar-refractivity contribution in [2.24, 2.45) is 0 Å². The average molecular weight is 193 g/mol. The van der Waals surface area contributed by atoms with Gasteiger partial charge in [0.05, 0.1) is 6.10 Å². The minimum Gasteiger partial charge on any atom is -0.389 e. The van der Waals surface area contributed by atoms with Crippen LogP contribution >= 0.6 is 15.9 Å². The first-order valence-corrected chi connectivity index (χ1v) is 4.30. The van der Waals surface area contributed by atoms with Crippen molar-refractivity contribution < 1.29 is 5.11 Å². The number of hydrogen-bond acceptors (Lipinski definition) is 1. The topological polar surface area (TPSA) is 20.2 Å². The highest BCUT2D eigenvalue weighted by molar-refractivity contribution is 9.09. The first-order chi connectivity index (χ1) is 4.31. The van der Waals surface area contributed by atoms with E-state index in [1.807, 2.05) is 0 Å². The zero-order valence-electron chi connectivity index (χ0n) is 5.52. The molecule has 1 unspecified atom stereocenters. The molecule has 0 spiro atoms. The van der Waals surface area contributed by atoms with Crippen LogP contribution in [0.4, 0.5) is 0 Å². The number of hydrogen-bond donors (Lipinski definition) is 1. The van der Waals surface area contributed by atoms with Crippen LogP contribution in [0.5, 0.6) is 0 Å². The van der Waals surface area contributed by atoms with E-state index in [1.165, 1.54) is 0 Å². The molecular formula is C7H13BrO. The van der Waals surface area contributed by atoms with Crippen molar-refractivity contribution in [3.05, 3.63) is 12.7 Å². The molecule has 2 heteroatoms. The third kappa shape index (κ3) is 6.06. The lowest BCUT2D eigenvalue weighted by Crippen LogP contribution is -2.00. The van der Waals surface area contributed by atoms with Gasteiger partial charge in [0.1, 0.15) is 0 Å². The Hall–Kier alpha value is 0.180. The predicted octanol–water partition coefficient (Wildman–Crippen LogP) is 2.10. The third-order valence-electron chi connectivity index (χ3n) is 1.16. The van der Waals surface area contributed by atoms with E-state index in [4.69, 9.17) is 5.11 Å². The normalized spacial score (nSPS) is 13.1. The Morgan fingerprint density at radius 1 is 1.56 bits per heavy atom. The van der Waals surface area contributed by atoms with Gasteiger partial charge in [-0.05, 0) is 19.3 Å². The van der Waals surface area contributed by atoms with Crippen LogP contribution in [-0.2, 0) is 0 Å². The molecule has 0 aliphatic heterocycles. The van der Waals surface area contributed by atoms with Crippen LogP contribution in [-0.4, -0.2) is 16.5 Å². The molecule has 0 aromatic heterocycles. The molecule has 0 aromatic carbocycles. The first-order valence-electron chi connectivity index (χ1n) is 3.18. The third-order valence-corrected chi connectivity index (χ3v) is 1.72. The summed E-state index contributed by atoms with van der Waals surface area (Å²) in [4.78, 5) is 0. The Kier molecular flexibility index (Phi) is 6.43. The van der Waals surface area contributed by atoms with Gasteiger partial charge in [-0.2, -0.15) is 0 Å². The summed E-state index contributed by atoms with van der Waals surface area (Å²) >= 11 is 3.31. The number of halogens is 1. The fourth-order valence-corrected chi connectivity index (χ4v) is 0.962. The summed E-state index contributed by atoms with van der Waals surface area (Å²) in [5.41, 5.74) is 0. The molecule has 1 N–H and O–H groups in total. The van der Waals surface area contributed by atoms with Crippen LogP contribution in [0.25, 0.3) is 0 Å². The summed E-state index contributed by atoms with van der Waals surface area (Å²) in [6, 6.07) is 0. The lowest BCUT2D eigenvalue weighted by atomic mass is 10.2. The summed E-state index contributed by atoms with van der Waals surface area (Å²) in [6.45, 7) is 3.48. The molecule has 0 aliphatic carbocycles. The molecule has 1 nitrogen and oxygen atoms in total. The minimum absolute atomic E-state index is 0.302. The van der Waals surface area contributed by atoms with Crippen molar-refractivity contribution in [1.82, 2.24) is 0 Å². The monoisotopic (exact) mass is 192 g/mol.